The number of aromatic amines is 1. The van der Waals surface area contributed by atoms with Crippen molar-refractivity contribution in [3.05, 3.63) is 46.2 Å². The van der Waals surface area contributed by atoms with Crippen molar-refractivity contribution in [1.82, 2.24) is 9.97 Å². The highest BCUT2D eigenvalue weighted by atomic mass is 32.2. The monoisotopic (exact) mass is 572 g/mol. The van der Waals surface area contributed by atoms with Gasteiger partial charge < -0.3 is 15.2 Å². The van der Waals surface area contributed by atoms with Gasteiger partial charge in [0.15, 0.2) is 0 Å². The molecule has 4 aromatic rings. The Kier molecular flexibility index (Phi) is 7.91. The van der Waals surface area contributed by atoms with Crippen molar-refractivity contribution in [2.45, 2.75) is 62.2 Å². The lowest BCUT2D eigenvalue weighted by Crippen LogP contribution is -2.17. The van der Waals surface area contributed by atoms with E-state index >= 15 is 0 Å². The highest BCUT2D eigenvalue weighted by molar-refractivity contribution is 8.00. The van der Waals surface area contributed by atoms with Crippen molar-refractivity contribution in [3.63, 3.8) is 0 Å². The number of phenols is 1. The first-order chi connectivity index (χ1) is 17.3. The lowest BCUT2D eigenvalue weighted by Gasteiger charge is -2.28. The topological polar surface area (TPSA) is 86.2 Å². The molecule has 0 aliphatic rings. The van der Waals surface area contributed by atoms with Gasteiger partial charge in [0.1, 0.15) is 17.3 Å². The summed E-state index contributed by atoms with van der Waals surface area (Å²) in [6.45, 7) is 12.6. The van der Waals surface area contributed by atoms with E-state index in [0.717, 1.165) is 53.4 Å². The summed E-state index contributed by atoms with van der Waals surface area (Å²) in [7, 11) is 0. The number of H-pyrrole nitrogens is 1. The summed E-state index contributed by atoms with van der Waals surface area (Å²) >= 11 is 6.23. The second kappa shape index (κ2) is 10.5. The number of carbonyl (C=O) groups is 1. The Bertz CT molecular complexity index is 1400. The minimum Gasteiger partial charge on any atom is -0.507 e. The molecule has 0 amide bonds. The van der Waals surface area contributed by atoms with Gasteiger partial charge in [-0.2, -0.15) is 0 Å². The molecule has 37 heavy (non-hydrogen) atoms. The number of aromatic hydroxyl groups is 1. The Labute approximate surface area is 234 Å². The molecule has 9 heteroatoms. The van der Waals surface area contributed by atoms with Gasteiger partial charge in [-0.1, -0.05) is 41.5 Å². The minimum atomic E-state index is -0.843. The van der Waals surface area contributed by atoms with E-state index in [1.807, 2.05) is 23.6 Å². The smallest absolute Gasteiger partial charge is 0.313 e. The van der Waals surface area contributed by atoms with E-state index in [4.69, 9.17) is 4.98 Å². The lowest BCUT2D eigenvalue weighted by molar-refractivity contribution is -0.133. The fraction of sp³-hybridized carbons (Fsp3) is 0.357. The molecule has 0 aliphatic heterocycles. The average molecular weight is 573 g/mol. The van der Waals surface area contributed by atoms with E-state index in [0.29, 0.717) is 5.75 Å². The van der Waals surface area contributed by atoms with Crippen LogP contribution in [-0.2, 0) is 15.6 Å². The van der Waals surface area contributed by atoms with Gasteiger partial charge >= 0.3 is 5.97 Å². The first-order valence-electron chi connectivity index (χ1n) is 11.8. The quantitative estimate of drug-likeness (QED) is 0.192. The fourth-order valence-corrected chi connectivity index (χ4v) is 7.74. The minimum absolute atomic E-state index is 0.00300. The van der Waals surface area contributed by atoms with Crippen LogP contribution >= 0.6 is 46.2 Å². The van der Waals surface area contributed by atoms with Crippen LogP contribution in [0.2, 0.25) is 0 Å². The van der Waals surface area contributed by atoms with E-state index in [9.17, 15) is 15.0 Å². The van der Waals surface area contributed by atoms with Crippen LogP contribution in [0.1, 0.15) is 52.7 Å². The number of nitrogens with one attached hydrogen (secondary N) is 1. The molecule has 1 aromatic carbocycles. The maximum absolute atomic E-state index is 11.3. The summed E-state index contributed by atoms with van der Waals surface area (Å²) < 4.78 is 0. The predicted octanol–water partition coefficient (Wildman–Crippen LogP) is 8.73. The van der Waals surface area contributed by atoms with Gasteiger partial charge in [-0.25, -0.2) is 4.98 Å². The Balaban J connectivity index is 1.97. The largest absolute Gasteiger partial charge is 0.507 e. The number of carboxylic acids is 1. The van der Waals surface area contributed by atoms with Crippen LogP contribution in [0.5, 0.6) is 5.75 Å². The Morgan fingerprint density at radius 1 is 0.973 bits per heavy atom. The molecule has 0 fully saturated rings. The van der Waals surface area contributed by atoms with Crippen molar-refractivity contribution in [3.8, 4) is 38.3 Å². The zero-order valence-electron chi connectivity index (χ0n) is 22.1. The van der Waals surface area contributed by atoms with E-state index in [1.54, 1.807) is 34.4 Å². The molecule has 3 aromatic heterocycles. The molecule has 5 nitrogen and oxygen atoms in total. The zero-order valence-corrected chi connectivity index (χ0v) is 25.3. The molecule has 0 radical (unpaired) electrons. The zero-order chi connectivity index (χ0) is 27.1. The van der Waals surface area contributed by atoms with Gasteiger partial charge in [-0.15, -0.1) is 46.2 Å². The van der Waals surface area contributed by atoms with Crippen molar-refractivity contribution < 1.29 is 15.0 Å². The summed E-state index contributed by atoms with van der Waals surface area (Å²) in [6.07, 6.45) is 2.06. The third-order valence-electron chi connectivity index (χ3n) is 5.97. The van der Waals surface area contributed by atoms with Gasteiger partial charge in [0, 0.05) is 26.5 Å². The Morgan fingerprint density at radius 3 is 2.08 bits per heavy atom. The predicted molar refractivity (Wildman–Crippen MR) is 160 cm³/mol. The number of hydrogen-bond donors (Lipinski definition) is 3. The van der Waals surface area contributed by atoms with Crippen LogP contribution in [-0.4, -0.2) is 38.2 Å². The van der Waals surface area contributed by atoms with Crippen molar-refractivity contribution in [2.24, 2.45) is 0 Å². The molecule has 0 saturated carbocycles. The first-order valence-corrected chi connectivity index (χ1v) is 15.8. The molecule has 0 unspecified atom stereocenters. The van der Waals surface area contributed by atoms with E-state index in [1.165, 1.54) is 11.8 Å². The van der Waals surface area contributed by atoms with Gasteiger partial charge in [-0.05, 0) is 52.1 Å². The highest BCUT2D eigenvalue weighted by Gasteiger charge is 2.28. The van der Waals surface area contributed by atoms with E-state index in [2.05, 4.69) is 64.2 Å². The SMILES string of the molecule is CSc1ccsc1-c1nc(-c2cc(C(C)(C)C)c(O)c(C(C)(C)C)c2)[nH]c1-c1sccc1SCC(=O)O. The molecule has 0 saturated heterocycles. The van der Waals surface area contributed by atoms with Crippen molar-refractivity contribution in [2.75, 3.05) is 12.0 Å². The maximum atomic E-state index is 11.3. The first kappa shape index (κ1) is 27.8. The molecule has 0 spiro atoms. The third-order valence-corrected chi connectivity index (χ3v) is 9.91. The van der Waals surface area contributed by atoms with Crippen LogP contribution in [0.25, 0.3) is 32.5 Å². The molecule has 3 heterocycles. The molecule has 0 atom stereocenters. The van der Waals surface area contributed by atoms with Crippen LogP contribution in [0.4, 0.5) is 0 Å². The van der Waals surface area contributed by atoms with Crippen LogP contribution in [0, 0.1) is 0 Å². The number of phenolic OH excluding ortho intramolecular Hbond substituents is 1. The molecule has 0 aliphatic carbocycles. The van der Waals surface area contributed by atoms with Gasteiger partial charge in [0.25, 0.3) is 0 Å². The van der Waals surface area contributed by atoms with Crippen LogP contribution in [0.3, 0.4) is 0 Å². The number of thiophene rings is 2. The number of aliphatic carboxylic acids is 1. The summed E-state index contributed by atoms with van der Waals surface area (Å²) in [5, 5.41) is 24.5. The lowest BCUT2D eigenvalue weighted by atomic mass is 9.78. The standard InChI is InChI=1S/C28H32N2O3S4/c1-27(2,3)16-12-15(13-17(23(16)33)28(4,5)6)26-29-21(24-18(34-7)8-10-35-24)22(30-26)25-19(9-11-36-25)37-14-20(31)32/h8-13,33H,14H2,1-7H3,(H,29,30)(H,31,32). The number of aromatic nitrogens is 2. The number of benzene rings is 1. The van der Waals surface area contributed by atoms with Crippen LogP contribution in [0.15, 0.2) is 44.8 Å². The van der Waals surface area contributed by atoms with Gasteiger partial charge in [0.2, 0.25) is 0 Å². The second-order valence-electron chi connectivity index (χ2n) is 10.8. The maximum Gasteiger partial charge on any atom is 0.313 e. The number of carboxylic acid groups (broad SMARTS) is 1. The Hall–Kier alpha value is -2.20. The number of thioether (sulfide) groups is 2. The van der Waals surface area contributed by atoms with Crippen LogP contribution < -0.4 is 0 Å². The summed E-state index contributed by atoms with van der Waals surface area (Å²) in [4.78, 5) is 24.1. The average Bonchev–Trinajstić information content (AvgIpc) is 3.54. The van der Waals surface area contributed by atoms with Crippen molar-refractivity contribution >= 4 is 52.2 Å². The Morgan fingerprint density at radius 2 is 1.54 bits per heavy atom. The molecular weight excluding hydrogens is 541 g/mol. The number of nitrogens with zero attached hydrogens (tertiary/aromatic N) is 1. The molecular formula is C28H32N2O3S4. The molecule has 4 rings (SSSR count). The van der Waals surface area contributed by atoms with E-state index in [-0.39, 0.29) is 16.6 Å². The normalized spacial score (nSPS) is 12.3. The number of imidazole rings is 1. The summed E-state index contributed by atoms with van der Waals surface area (Å²) in [6, 6.07) is 8.15. The van der Waals surface area contributed by atoms with Crippen molar-refractivity contribution in [1.29, 1.82) is 0 Å². The summed E-state index contributed by atoms with van der Waals surface area (Å²) in [5.41, 5.74) is 3.90. The van der Waals surface area contributed by atoms with E-state index < -0.39 is 5.97 Å². The number of rotatable bonds is 7. The molecule has 196 valence electrons. The van der Waals surface area contributed by atoms with Gasteiger partial charge in [0.05, 0.1) is 21.2 Å². The number of hydrogen-bond acceptors (Lipinski definition) is 7. The fourth-order valence-electron chi connectivity index (χ4n) is 4.12. The summed E-state index contributed by atoms with van der Waals surface area (Å²) in [5.74, 6) is 0.217. The highest BCUT2D eigenvalue weighted by Crippen LogP contribution is 2.46. The second-order valence-corrected chi connectivity index (χ2v) is 14.5. The van der Waals surface area contributed by atoms with Gasteiger partial charge in [-0.3, -0.25) is 4.79 Å². The third kappa shape index (κ3) is 5.79. The molecule has 0 bridgehead atoms. The molecule has 3 N–H and O–H groups in total.